The van der Waals surface area contributed by atoms with E-state index in [0.717, 1.165) is 15.8 Å². The van der Waals surface area contributed by atoms with Crippen molar-refractivity contribution in [3.05, 3.63) is 70.3 Å². The molecule has 1 aliphatic rings. The van der Waals surface area contributed by atoms with Crippen LogP contribution in [0.1, 0.15) is 23.6 Å². The molecule has 4 rings (SSSR count). The van der Waals surface area contributed by atoms with Gasteiger partial charge in [0.2, 0.25) is 5.91 Å². The van der Waals surface area contributed by atoms with Crippen LogP contribution in [0.3, 0.4) is 0 Å². The highest BCUT2D eigenvalue weighted by molar-refractivity contribution is 9.10. The number of nitrogens with one attached hydrogen (secondary N) is 1. The van der Waals surface area contributed by atoms with Gasteiger partial charge in [-0.1, -0.05) is 18.2 Å². The zero-order chi connectivity index (χ0) is 16.7. The SMILES string of the molecule is O=C(NCc1cn2cc(Br)ccc2n1)C1CC1c1ccccc1F. The molecule has 3 aromatic rings. The highest BCUT2D eigenvalue weighted by Gasteiger charge is 2.44. The van der Waals surface area contributed by atoms with Crippen LogP contribution in [0.4, 0.5) is 4.39 Å². The normalized spacial score (nSPS) is 19.4. The van der Waals surface area contributed by atoms with E-state index in [-0.39, 0.29) is 23.6 Å². The molecule has 2 aromatic heterocycles. The van der Waals surface area contributed by atoms with E-state index in [2.05, 4.69) is 26.2 Å². The van der Waals surface area contributed by atoms with Crippen molar-refractivity contribution in [1.82, 2.24) is 14.7 Å². The summed E-state index contributed by atoms with van der Waals surface area (Å²) >= 11 is 3.42. The lowest BCUT2D eigenvalue weighted by molar-refractivity contribution is -0.122. The van der Waals surface area contributed by atoms with E-state index < -0.39 is 0 Å². The monoisotopic (exact) mass is 387 g/mol. The predicted octanol–water partition coefficient (Wildman–Crippen LogP) is 3.66. The maximum Gasteiger partial charge on any atom is 0.224 e. The number of carbonyl (C=O) groups is 1. The largest absolute Gasteiger partial charge is 0.350 e. The van der Waals surface area contributed by atoms with Gasteiger partial charge in [0.15, 0.2) is 0 Å². The van der Waals surface area contributed by atoms with Crippen LogP contribution in [0.5, 0.6) is 0 Å². The van der Waals surface area contributed by atoms with Crippen LogP contribution in [-0.4, -0.2) is 15.3 Å². The molecule has 1 N–H and O–H groups in total. The van der Waals surface area contributed by atoms with Gasteiger partial charge in [-0.05, 0) is 52.0 Å². The minimum atomic E-state index is -0.233. The van der Waals surface area contributed by atoms with Crippen molar-refractivity contribution < 1.29 is 9.18 Å². The van der Waals surface area contributed by atoms with Crippen LogP contribution in [0.15, 0.2) is 53.3 Å². The molecule has 2 heterocycles. The van der Waals surface area contributed by atoms with Crippen molar-refractivity contribution in [2.75, 3.05) is 0 Å². The van der Waals surface area contributed by atoms with Gasteiger partial charge in [-0.3, -0.25) is 4.79 Å². The number of halogens is 2. The van der Waals surface area contributed by atoms with Crippen molar-refractivity contribution in [3.63, 3.8) is 0 Å². The predicted molar refractivity (Wildman–Crippen MR) is 92.0 cm³/mol. The van der Waals surface area contributed by atoms with Gasteiger partial charge in [0, 0.05) is 22.8 Å². The van der Waals surface area contributed by atoms with Gasteiger partial charge in [0.25, 0.3) is 0 Å². The summed E-state index contributed by atoms with van der Waals surface area (Å²) in [5, 5.41) is 2.91. The molecule has 1 fully saturated rings. The molecule has 6 heteroatoms. The average Bonchev–Trinajstić information content (AvgIpc) is 3.26. The van der Waals surface area contributed by atoms with Gasteiger partial charge in [-0.15, -0.1) is 0 Å². The average molecular weight is 388 g/mol. The van der Waals surface area contributed by atoms with Crippen LogP contribution in [0.25, 0.3) is 5.65 Å². The van der Waals surface area contributed by atoms with E-state index in [0.29, 0.717) is 18.5 Å². The van der Waals surface area contributed by atoms with Gasteiger partial charge >= 0.3 is 0 Å². The van der Waals surface area contributed by atoms with Crippen molar-refractivity contribution in [2.24, 2.45) is 5.92 Å². The molecule has 0 saturated heterocycles. The van der Waals surface area contributed by atoms with E-state index in [4.69, 9.17) is 0 Å². The van der Waals surface area contributed by atoms with Crippen LogP contribution in [0, 0.1) is 11.7 Å². The molecule has 2 atom stereocenters. The number of benzene rings is 1. The molecule has 24 heavy (non-hydrogen) atoms. The molecule has 0 spiro atoms. The third kappa shape index (κ3) is 2.94. The van der Waals surface area contributed by atoms with Gasteiger partial charge in [-0.25, -0.2) is 9.37 Å². The standard InChI is InChI=1S/C18H15BrFN3O/c19-11-5-6-17-22-12(10-23(17)9-11)8-21-18(24)15-7-14(15)13-3-1-2-4-16(13)20/h1-6,9-10,14-15H,7-8H2,(H,21,24). The molecule has 1 aromatic carbocycles. The Morgan fingerprint density at radius 2 is 2.12 bits per heavy atom. The molecule has 0 bridgehead atoms. The molecular formula is C18H15BrFN3O. The second kappa shape index (κ2) is 6.02. The molecule has 1 saturated carbocycles. The summed E-state index contributed by atoms with van der Waals surface area (Å²) in [5.74, 6) is -0.429. The summed E-state index contributed by atoms with van der Waals surface area (Å²) in [4.78, 5) is 16.7. The first-order valence-electron chi connectivity index (χ1n) is 7.77. The molecule has 1 aliphatic carbocycles. The molecule has 122 valence electrons. The summed E-state index contributed by atoms with van der Waals surface area (Å²) in [7, 11) is 0. The number of pyridine rings is 1. The van der Waals surface area contributed by atoms with Crippen LogP contribution in [0.2, 0.25) is 0 Å². The zero-order valence-corrected chi connectivity index (χ0v) is 14.3. The number of hydrogen-bond donors (Lipinski definition) is 1. The molecule has 0 radical (unpaired) electrons. The van der Waals surface area contributed by atoms with Gasteiger partial charge in [0.1, 0.15) is 11.5 Å². The minimum Gasteiger partial charge on any atom is -0.350 e. The van der Waals surface area contributed by atoms with Crippen LogP contribution in [-0.2, 0) is 11.3 Å². The number of carbonyl (C=O) groups excluding carboxylic acids is 1. The second-order valence-electron chi connectivity index (χ2n) is 6.03. The van der Waals surface area contributed by atoms with E-state index in [1.54, 1.807) is 18.2 Å². The Morgan fingerprint density at radius 3 is 2.96 bits per heavy atom. The Morgan fingerprint density at radius 1 is 1.29 bits per heavy atom. The first-order chi connectivity index (χ1) is 11.6. The fraction of sp³-hybridized carbons (Fsp3) is 0.222. The summed E-state index contributed by atoms with van der Waals surface area (Å²) in [5.41, 5.74) is 2.26. The van der Waals surface area contributed by atoms with Crippen LogP contribution < -0.4 is 5.32 Å². The highest BCUT2D eigenvalue weighted by Crippen LogP contribution is 2.48. The van der Waals surface area contributed by atoms with Crippen molar-refractivity contribution in [1.29, 1.82) is 0 Å². The number of aromatic nitrogens is 2. The maximum absolute atomic E-state index is 13.8. The van der Waals surface area contributed by atoms with E-state index in [9.17, 15) is 9.18 Å². The lowest BCUT2D eigenvalue weighted by atomic mass is 10.1. The van der Waals surface area contributed by atoms with Gasteiger partial charge < -0.3 is 9.72 Å². The third-order valence-electron chi connectivity index (χ3n) is 4.34. The second-order valence-corrected chi connectivity index (χ2v) is 6.95. The smallest absolute Gasteiger partial charge is 0.224 e. The first-order valence-corrected chi connectivity index (χ1v) is 8.56. The highest BCUT2D eigenvalue weighted by atomic mass is 79.9. The Labute approximate surface area is 146 Å². The summed E-state index contributed by atoms with van der Waals surface area (Å²) in [6, 6.07) is 10.5. The van der Waals surface area contributed by atoms with Crippen molar-refractivity contribution >= 4 is 27.5 Å². The lowest BCUT2D eigenvalue weighted by Crippen LogP contribution is -2.25. The van der Waals surface area contributed by atoms with E-state index in [1.807, 2.05) is 28.9 Å². The Kier molecular flexibility index (Phi) is 3.84. The Bertz CT molecular complexity index is 924. The van der Waals surface area contributed by atoms with Crippen LogP contribution >= 0.6 is 15.9 Å². The topological polar surface area (TPSA) is 46.4 Å². The zero-order valence-electron chi connectivity index (χ0n) is 12.7. The maximum atomic E-state index is 13.8. The Hall–Kier alpha value is -2.21. The summed E-state index contributed by atoms with van der Waals surface area (Å²) in [6.07, 6.45) is 4.51. The molecule has 1 amide bonds. The first kappa shape index (κ1) is 15.3. The quantitative estimate of drug-likeness (QED) is 0.742. The van der Waals surface area contributed by atoms with Crippen molar-refractivity contribution in [2.45, 2.75) is 18.9 Å². The molecule has 0 aliphatic heterocycles. The molecule has 4 nitrogen and oxygen atoms in total. The fourth-order valence-electron chi connectivity index (χ4n) is 3.02. The van der Waals surface area contributed by atoms with E-state index in [1.165, 1.54) is 6.07 Å². The number of amides is 1. The fourth-order valence-corrected chi connectivity index (χ4v) is 3.37. The number of hydrogen-bond acceptors (Lipinski definition) is 2. The molecule has 2 unspecified atom stereocenters. The minimum absolute atomic E-state index is 0.0109. The number of rotatable bonds is 4. The third-order valence-corrected chi connectivity index (χ3v) is 4.81. The van der Waals surface area contributed by atoms with E-state index >= 15 is 0 Å². The summed E-state index contributed by atoms with van der Waals surface area (Å²) in [6.45, 7) is 0.374. The van der Waals surface area contributed by atoms with Gasteiger partial charge in [-0.2, -0.15) is 0 Å². The van der Waals surface area contributed by atoms with Gasteiger partial charge in [0.05, 0.1) is 12.2 Å². The lowest BCUT2D eigenvalue weighted by Gasteiger charge is -2.04. The van der Waals surface area contributed by atoms with Crippen molar-refractivity contribution in [3.8, 4) is 0 Å². The number of imidazole rings is 1. The number of fused-ring (bicyclic) bond motifs is 1. The molecular weight excluding hydrogens is 373 g/mol. The summed E-state index contributed by atoms with van der Waals surface area (Å²) < 4.78 is 16.6. The number of nitrogens with zero attached hydrogens (tertiary/aromatic N) is 2. The Balaban J connectivity index is 1.39.